The maximum Gasteiger partial charge on any atom is 0.101 e. The van der Waals surface area contributed by atoms with Crippen LogP contribution in [0.5, 0.6) is 0 Å². The maximum atomic E-state index is 9.07. The SMILES string of the molecule is Cc1ccc2c(c1)sc1c(C#N)cccc12. The lowest BCUT2D eigenvalue weighted by Crippen LogP contribution is -1.72. The van der Waals surface area contributed by atoms with Gasteiger partial charge in [0.05, 0.1) is 10.3 Å². The molecule has 0 saturated carbocycles. The summed E-state index contributed by atoms with van der Waals surface area (Å²) in [5, 5.41) is 11.5. The molecule has 76 valence electrons. The van der Waals surface area contributed by atoms with Gasteiger partial charge in [0, 0.05) is 15.5 Å². The van der Waals surface area contributed by atoms with Crippen LogP contribution < -0.4 is 0 Å². The number of fused-ring (bicyclic) bond motifs is 3. The van der Waals surface area contributed by atoms with Crippen molar-refractivity contribution in [3.05, 3.63) is 47.5 Å². The van der Waals surface area contributed by atoms with E-state index < -0.39 is 0 Å². The van der Waals surface area contributed by atoms with Crippen LogP contribution >= 0.6 is 11.3 Å². The maximum absolute atomic E-state index is 9.07. The summed E-state index contributed by atoms with van der Waals surface area (Å²) in [5.41, 5.74) is 2.04. The summed E-state index contributed by atoms with van der Waals surface area (Å²) >= 11 is 1.70. The summed E-state index contributed by atoms with van der Waals surface area (Å²) in [4.78, 5) is 0. The zero-order chi connectivity index (χ0) is 11.1. The van der Waals surface area contributed by atoms with Crippen molar-refractivity contribution in [2.24, 2.45) is 0 Å². The van der Waals surface area contributed by atoms with Gasteiger partial charge in [-0.2, -0.15) is 5.26 Å². The monoisotopic (exact) mass is 223 g/mol. The number of hydrogen-bond donors (Lipinski definition) is 0. The van der Waals surface area contributed by atoms with Crippen LogP contribution in [-0.4, -0.2) is 0 Å². The summed E-state index contributed by atoms with van der Waals surface area (Å²) in [6.07, 6.45) is 0. The van der Waals surface area contributed by atoms with Gasteiger partial charge < -0.3 is 0 Å². The van der Waals surface area contributed by atoms with Crippen LogP contribution in [0.25, 0.3) is 20.2 Å². The second kappa shape index (κ2) is 3.33. The van der Waals surface area contributed by atoms with E-state index >= 15 is 0 Å². The molecular weight excluding hydrogens is 214 g/mol. The van der Waals surface area contributed by atoms with Crippen LogP contribution in [0.2, 0.25) is 0 Å². The van der Waals surface area contributed by atoms with E-state index in [1.165, 1.54) is 21.0 Å². The van der Waals surface area contributed by atoms with Crippen LogP contribution in [-0.2, 0) is 0 Å². The van der Waals surface area contributed by atoms with E-state index in [0.29, 0.717) is 0 Å². The average molecular weight is 223 g/mol. The molecule has 2 heteroatoms. The highest BCUT2D eigenvalue weighted by Crippen LogP contribution is 2.35. The summed E-state index contributed by atoms with van der Waals surface area (Å²) < 4.78 is 2.36. The van der Waals surface area contributed by atoms with Crippen LogP contribution in [0.15, 0.2) is 36.4 Å². The summed E-state index contributed by atoms with van der Waals surface area (Å²) in [6.45, 7) is 2.09. The van der Waals surface area contributed by atoms with Crippen LogP contribution in [0.3, 0.4) is 0 Å². The first kappa shape index (κ1) is 9.38. The molecule has 0 saturated heterocycles. The first-order valence-electron chi connectivity index (χ1n) is 5.11. The minimum absolute atomic E-state index is 0.774. The van der Waals surface area contributed by atoms with Gasteiger partial charge in [-0.05, 0) is 24.6 Å². The molecule has 3 rings (SSSR count). The number of hydrogen-bond acceptors (Lipinski definition) is 2. The Balaban J connectivity index is 2.56. The Hall–Kier alpha value is -1.85. The molecule has 0 aliphatic carbocycles. The highest BCUT2D eigenvalue weighted by atomic mass is 32.1. The summed E-state index contributed by atoms with van der Waals surface area (Å²) in [6, 6.07) is 14.6. The zero-order valence-corrected chi connectivity index (χ0v) is 9.64. The van der Waals surface area contributed by atoms with Crippen molar-refractivity contribution < 1.29 is 0 Å². The van der Waals surface area contributed by atoms with Gasteiger partial charge in [0.15, 0.2) is 0 Å². The molecule has 0 amide bonds. The van der Waals surface area contributed by atoms with E-state index in [2.05, 4.69) is 37.3 Å². The summed E-state index contributed by atoms with van der Waals surface area (Å²) in [7, 11) is 0. The molecule has 1 heterocycles. The van der Waals surface area contributed by atoms with Crippen molar-refractivity contribution in [3.8, 4) is 6.07 Å². The fourth-order valence-corrected chi connectivity index (χ4v) is 3.26. The number of nitriles is 1. The van der Waals surface area contributed by atoms with E-state index in [4.69, 9.17) is 5.26 Å². The molecule has 1 nitrogen and oxygen atoms in total. The Morgan fingerprint density at radius 3 is 2.81 bits per heavy atom. The highest BCUT2D eigenvalue weighted by Gasteiger charge is 2.07. The molecule has 0 fully saturated rings. The van der Waals surface area contributed by atoms with Gasteiger partial charge >= 0.3 is 0 Å². The van der Waals surface area contributed by atoms with Gasteiger partial charge in [0.1, 0.15) is 6.07 Å². The smallest absolute Gasteiger partial charge is 0.101 e. The predicted molar refractivity (Wildman–Crippen MR) is 68.8 cm³/mol. The first-order chi connectivity index (χ1) is 7.79. The number of nitrogens with zero attached hydrogens (tertiary/aromatic N) is 1. The quantitative estimate of drug-likeness (QED) is 0.559. The van der Waals surface area contributed by atoms with E-state index in [1.54, 1.807) is 11.3 Å². The highest BCUT2D eigenvalue weighted by molar-refractivity contribution is 7.26. The molecule has 0 spiro atoms. The molecule has 2 aromatic carbocycles. The van der Waals surface area contributed by atoms with Crippen LogP contribution in [0.1, 0.15) is 11.1 Å². The van der Waals surface area contributed by atoms with E-state index in [9.17, 15) is 0 Å². The Labute approximate surface area is 97.6 Å². The number of thiophene rings is 1. The number of aryl methyl sites for hydroxylation is 1. The predicted octanol–water partition coefficient (Wildman–Crippen LogP) is 4.23. The van der Waals surface area contributed by atoms with E-state index in [-0.39, 0.29) is 0 Å². The Kier molecular flexibility index (Phi) is 1.95. The van der Waals surface area contributed by atoms with Crippen molar-refractivity contribution in [1.82, 2.24) is 0 Å². The molecule has 0 bridgehead atoms. The lowest BCUT2D eigenvalue weighted by atomic mass is 10.1. The molecule has 0 unspecified atom stereocenters. The molecule has 0 radical (unpaired) electrons. The first-order valence-corrected chi connectivity index (χ1v) is 5.93. The Morgan fingerprint density at radius 2 is 2.00 bits per heavy atom. The lowest BCUT2D eigenvalue weighted by Gasteiger charge is -1.93. The Bertz CT molecular complexity index is 731. The van der Waals surface area contributed by atoms with Crippen molar-refractivity contribution in [1.29, 1.82) is 5.26 Å². The topological polar surface area (TPSA) is 23.8 Å². The van der Waals surface area contributed by atoms with Gasteiger partial charge in [0.25, 0.3) is 0 Å². The summed E-state index contributed by atoms with van der Waals surface area (Å²) in [5.74, 6) is 0. The minimum Gasteiger partial charge on any atom is -0.192 e. The van der Waals surface area contributed by atoms with Gasteiger partial charge in [-0.1, -0.05) is 24.3 Å². The largest absolute Gasteiger partial charge is 0.192 e. The molecule has 0 N–H and O–H groups in total. The number of rotatable bonds is 0. The molecular formula is C14H9NS. The second-order valence-corrected chi connectivity index (χ2v) is 4.95. The molecule has 0 atom stereocenters. The standard InChI is InChI=1S/C14H9NS/c1-9-5-6-11-12-4-2-3-10(8-15)14(12)16-13(11)7-9/h2-7H,1H3. The minimum atomic E-state index is 0.774. The van der Waals surface area contributed by atoms with Crippen LogP contribution in [0, 0.1) is 18.3 Å². The van der Waals surface area contributed by atoms with Crippen molar-refractivity contribution in [3.63, 3.8) is 0 Å². The third-order valence-corrected chi connectivity index (χ3v) is 3.98. The van der Waals surface area contributed by atoms with Crippen molar-refractivity contribution in [2.75, 3.05) is 0 Å². The molecule has 0 aliphatic heterocycles. The van der Waals surface area contributed by atoms with Crippen molar-refractivity contribution in [2.45, 2.75) is 6.92 Å². The molecule has 3 aromatic rings. The van der Waals surface area contributed by atoms with Gasteiger partial charge in [-0.15, -0.1) is 11.3 Å². The lowest BCUT2D eigenvalue weighted by molar-refractivity contribution is 1.51. The van der Waals surface area contributed by atoms with Gasteiger partial charge in [-0.25, -0.2) is 0 Å². The molecule has 16 heavy (non-hydrogen) atoms. The zero-order valence-electron chi connectivity index (χ0n) is 8.82. The fourth-order valence-electron chi connectivity index (χ4n) is 1.99. The Morgan fingerprint density at radius 1 is 1.12 bits per heavy atom. The third-order valence-electron chi connectivity index (χ3n) is 2.77. The third kappa shape index (κ3) is 1.22. The van der Waals surface area contributed by atoms with Gasteiger partial charge in [-0.3, -0.25) is 0 Å². The van der Waals surface area contributed by atoms with Gasteiger partial charge in [0.2, 0.25) is 0 Å². The normalized spacial score (nSPS) is 10.8. The second-order valence-electron chi connectivity index (χ2n) is 3.90. The van der Waals surface area contributed by atoms with Crippen molar-refractivity contribution >= 4 is 31.5 Å². The molecule has 1 aromatic heterocycles. The van der Waals surface area contributed by atoms with E-state index in [0.717, 1.165) is 10.3 Å². The van der Waals surface area contributed by atoms with E-state index in [1.807, 2.05) is 12.1 Å². The number of benzene rings is 2. The fraction of sp³-hybridized carbons (Fsp3) is 0.0714. The average Bonchev–Trinajstić information content (AvgIpc) is 2.65. The molecule has 0 aliphatic rings. The van der Waals surface area contributed by atoms with Crippen LogP contribution in [0.4, 0.5) is 0 Å².